The summed E-state index contributed by atoms with van der Waals surface area (Å²) in [5, 5.41) is 25.8. The zero-order chi connectivity index (χ0) is 26.9. The van der Waals surface area contributed by atoms with Gasteiger partial charge >= 0.3 is 0 Å². The summed E-state index contributed by atoms with van der Waals surface area (Å²) in [5.74, 6) is 1.41. The van der Waals surface area contributed by atoms with E-state index in [2.05, 4.69) is 47.2 Å². The van der Waals surface area contributed by atoms with Gasteiger partial charge in [0, 0.05) is 30.0 Å². The van der Waals surface area contributed by atoms with Crippen molar-refractivity contribution in [3.8, 4) is 27.9 Å². The number of aliphatic hydroxyl groups is 2. The van der Waals surface area contributed by atoms with Crippen molar-refractivity contribution in [3.63, 3.8) is 0 Å². The normalized spacial score (nSPS) is 12.2. The Bertz CT molecular complexity index is 1170. The number of hydrogen-bond acceptors (Lipinski definition) is 9. The molecule has 2 aromatic heterocycles. The number of aryl methyl sites for hydroxylation is 3. The molecule has 3 rings (SSSR count). The number of carbonyl (C=O) groups is 1. The van der Waals surface area contributed by atoms with Crippen LogP contribution in [0.25, 0.3) is 22.2 Å². The van der Waals surface area contributed by atoms with E-state index in [1.54, 1.807) is 11.3 Å². The van der Waals surface area contributed by atoms with E-state index in [1.807, 2.05) is 26.0 Å². The van der Waals surface area contributed by atoms with Crippen molar-refractivity contribution in [1.29, 1.82) is 0 Å². The van der Waals surface area contributed by atoms with Gasteiger partial charge in [0.1, 0.15) is 18.5 Å². The van der Waals surface area contributed by atoms with Crippen LogP contribution in [0.5, 0.6) is 5.75 Å². The minimum atomic E-state index is -0.868. The van der Waals surface area contributed by atoms with Gasteiger partial charge in [0.25, 0.3) is 5.89 Å². The van der Waals surface area contributed by atoms with Crippen LogP contribution in [0.1, 0.15) is 48.8 Å². The Hall–Kier alpha value is -2.79. The summed E-state index contributed by atoms with van der Waals surface area (Å²) in [6.45, 7) is 13.2. The molecule has 3 N–H and O–H groups in total. The lowest BCUT2D eigenvalue weighted by Gasteiger charge is -2.17. The van der Waals surface area contributed by atoms with Gasteiger partial charge in [-0.1, -0.05) is 25.9 Å². The molecule has 9 nitrogen and oxygen atoms in total. The standard InChI is InChI=1S/C27H38N4O5S/c1-6-19-13-20(11-18(5)25(19)35-16-21(33)14-28-24(34)9-10-32)26-29-27(36-30-26)22-12-17(4)23(37-22)15-31(7-2)8-3/h11-13,21,32-33H,6-10,14-16H2,1-5H3,(H,28,34). The first-order valence-electron chi connectivity index (χ1n) is 12.8. The molecule has 0 saturated heterocycles. The number of nitrogens with one attached hydrogen (secondary N) is 1. The third-order valence-corrected chi connectivity index (χ3v) is 7.41. The third kappa shape index (κ3) is 7.61. The minimum absolute atomic E-state index is 0.00942. The second-order valence-electron chi connectivity index (χ2n) is 8.98. The maximum atomic E-state index is 11.5. The molecule has 0 aliphatic heterocycles. The fourth-order valence-corrected chi connectivity index (χ4v) is 5.12. The number of thiophene rings is 1. The Labute approximate surface area is 222 Å². The maximum absolute atomic E-state index is 11.5. The quantitative estimate of drug-likeness (QED) is 0.288. The summed E-state index contributed by atoms with van der Waals surface area (Å²) in [6.07, 6.45) is -0.140. The van der Waals surface area contributed by atoms with Crippen LogP contribution in [0.3, 0.4) is 0 Å². The highest BCUT2D eigenvalue weighted by Crippen LogP contribution is 2.34. The highest BCUT2D eigenvalue weighted by Gasteiger charge is 2.18. The molecule has 0 aliphatic carbocycles. The predicted molar refractivity (Wildman–Crippen MR) is 145 cm³/mol. The van der Waals surface area contributed by atoms with Crippen LogP contribution in [0.4, 0.5) is 0 Å². The van der Waals surface area contributed by atoms with Gasteiger partial charge in [-0.05, 0) is 68.2 Å². The van der Waals surface area contributed by atoms with Crippen molar-refractivity contribution < 1.29 is 24.3 Å². The van der Waals surface area contributed by atoms with E-state index in [0.717, 1.165) is 47.6 Å². The summed E-state index contributed by atoms with van der Waals surface area (Å²) in [7, 11) is 0. The highest BCUT2D eigenvalue weighted by molar-refractivity contribution is 7.15. The molecule has 202 valence electrons. The molecule has 2 heterocycles. The second kappa shape index (κ2) is 13.7. The lowest BCUT2D eigenvalue weighted by atomic mass is 10.0. The first kappa shape index (κ1) is 28.8. The molecule has 0 bridgehead atoms. The van der Waals surface area contributed by atoms with E-state index in [1.165, 1.54) is 10.4 Å². The average molecular weight is 531 g/mol. The van der Waals surface area contributed by atoms with Crippen molar-refractivity contribution in [2.24, 2.45) is 0 Å². The molecule has 0 aliphatic rings. The number of ether oxygens (including phenoxy) is 1. The molecule has 3 aromatic rings. The number of amides is 1. The molecule has 0 saturated carbocycles. The number of nitrogens with zero attached hydrogens (tertiary/aromatic N) is 3. The zero-order valence-electron chi connectivity index (χ0n) is 22.3. The Balaban J connectivity index is 1.72. The van der Waals surface area contributed by atoms with Gasteiger partial charge in [-0.25, -0.2) is 0 Å². The lowest BCUT2D eigenvalue weighted by molar-refractivity contribution is -0.122. The molecular formula is C27H38N4O5S. The second-order valence-corrected chi connectivity index (χ2v) is 10.1. The van der Waals surface area contributed by atoms with Crippen LogP contribution in [0, 0.1) is 13.8 Å². The molecule has 37 heavy (non-hydrogen) atoms. The number of benzene rings is 1. The number of aliphatic hydroxyl groups excluding tert-OH is 2. The van der Waals surface area contributed by atoms with Gasteiger partial charge in [0.2, 0.25) is 11.7 Å². The molecule has 0 radical (unpaired) electrons. The maximum Gasteiger partial charge on any atom is 0.268 e. The zero-order valence-corrected chi connectivity index (χ0v) is 23.2. The van der Waals surface area contributed by atoms with E-state index in [9.17, 15) is 9.90 Å². The molecule has 1 atom stereocenters. The van der Waals surface area contributed by atoms with E-state index in [-0.39, 0.29) is 32.1 Å². The monoisotopic (exact) mass is 530 g/mol. The Morgan fingerprint density at radius 3 is 2.62 bits per heavy atom. The number of aromatic nitrogens is 2. The average Bonchev–Trinajstić information content (AvgIpc) is 3.52. The molecule has 0 fully saturated rings. The summed E-state index contributed by atoms with van der Waals surface area (Å²) in [4.78, 5) is 20.8. The van der Waals surface area contributed by atoms with Gasteiger partial charge in [-0.3, -0.25) is 9.69 Å². The molecular weight excluding hydrogens is 492 g/mol. The fraction of sp³-hybridized carbons (Fsp3) is 0.519. The van der Waals surface area contributed by atoms with Crippen molar-refractivity contribution in [2.45, 2.75) is 60.1 Å². The van der Waals surface area contributed by atoms with Crippen LogP contribution in [0.2, 0.25) is 0 Å². The van der Waals surface area contributed by atoms with Crippen LogP contribution >= 0.6 is 11.3 Å². The molecule has 1 amide bonds. The van der Waals surface area contributed by atoms with E-state index in [4.69, 9.17) is 14.4 Å². The summed E-state index contributed by atoms with van der Waals surface area (Å²) < 4.78 is 11.6. The SMILES string of the molecule is CCc1cc(-c2noc(-c3cc(C)c(CN(CC)CC)s3)n2)cc(C)c1OCC(O)CNC(=O)CCO. The number of carbonyl (C=O) groups excluding carboxylic acids is 1. The highest BCUT2D eigenvalue weighted by atomic mass is 32.1. The van der Waals surface area contributed by atoms with Gasteiger partial charge in [-0.2, -0.15) is 4.98 Å². The first-order chi connectivity index (χ1) is 17.8. The van der Waals surface area contributed by atoms with Crippen molar-refractivity contribution >= 4 is 17.2 Å². The van der Waals surface area contributed by atoms with Crippen molar-refractivity contribution in [3.05, 3.63) is 39.8 Å². The lowest BCUT2D eigenvalue weighted by Crippen LogP contribution is -2.35. The van der Waals surface area contributed by atoms with Crippen LogP contribution < -0.4 is 10.1 Å². The number of hydrogen-bond donors (Lipinski definition) is 3. The molecule has 10 heteroatoms. The van der Waals surface area contributed by atoms with E-state index < -0.39 is 6.10 Å². The van der Waals surface area contributed by atoms with Crippen LogP contribution in [0.15, 0.2) is 22.7 Å². The van der Waals surface area contributed by atoms with Gasteiger partial charge in [0.15, 0.2) is 0 Å². The topological polar surface area (TPSA) is 121 Å². The van der Waals surface area contributed by atoms with Crippen LogP contribution in [-0.2, 0) is 17.8 Å². The smallest absolute Gasteiger partial charge is 0.268 e. The van der Waals surface area contributed by atoms with Crippen LogP contribution in [-0.4, -0.2) is 70.1 Å². The summed E-state index contributed by atoms with van der Waals surface area (Å²) >= 11 is 1.69. The fourth-order valence-electron chi connectivity index (χ4n) is 3.98. The minimum Gasteiger partial charge on any atom is -0.490 e. The number of rotatable bonds is 14. The Kier molecular flexibility index (Phi) is 10.6. The largest absolute Gasteiger partial charge is 0.490 e. The van der Waals surface area contributed by atoms with Crippen molar-refractivity contribution in [2.75, 3.05) is 32.8 Å². The van der Waals surface area contributed by atoms with E-state index >= 15 is 0 Å². The molecule has 1 aromatic carbocycles. The molecule has 1 unspecified atom stereocenters. The third-order valence-electron chi connectivity index (χ3n) is 6.20. The molecule has 0 spiro atoms. The Morgan fingerprint density at radius 2 is 1.95 bits per heavy atom. The van der Waals surface area contributed by atoms with Gasteiger partial charge in [0.05, 0.1) is 11.5 Å². The first-order valence-corrected chi connectivity index (χ1v) is 13.6. The van der Waals surface area contributed by atoms with Gasteiger partial charge in [-0.15, -0.1) is 11.3 Å². The van der Waals surface area contributed by atoms with Gasteiger partial charge < -0.3 is 24.8 Å². The van der Waals surface area contributed by atoms with Crippen molar-refractivity contribution in [1.82, 2.24) is 20.4 Å². The van der Waals surface area contributed by atoms with E-state index in [0.29, 0.717) is 17.5 Å². The summed E-state index contributed by atoms with van der Waals surface area (Å²) in [5.41, 5.74) is 3.93. The Morgan fingerprint density at radius 1 is 1.19 bits per heavy atom. The summed E-state index contributed by atoms with van der Waals surface area (Å²) in [6, 6.07) is 6.04. The predicted octanol–water partition coefficient (Wildman–Crippen LogP) is 3.72.